The van der Waals surface area contributed by atoms with Crippen molar-refractivity contribution in [3.63, 3.8) is 0 Å². The number of rotatable bonds is 6. The van der Waals surface area contributed by atoms with Gasteiger partial charge in [-0.1, -0.05) is 0 Å². The molecule has 3 heterocycles. The SMILES string of the molecule is CC12CC(C(=O)Nc3ccc(S(=O)(=O)Nc4nccs4)cc3)(C1)C(C(=O)O)O2. The Morgan fingerprint density at radius 3 is 2.54 bits per heavy atom. The van der Waals surface area contributed by atoms with Gasteiger partial charge in [0.15, 0.2) is 11.2 Å². The Balaban J connectivity index is 1.48. The van der Waals surface area contributed by atoms with E-state index in [9.17, 15) is 23.1 Å². The molecule has 1 unspecified atom stereocenters. The van der Waals surface area contributed by atoms with E-state index in [1.54, 1.807) is 12.3 Å². The predicted molar refractivity (Wildman–Crippen MR) is 101 cm³/mol. The molecule has 5 rings (SSSR count). The van der Waals surface area contributed by atoms with Gasteiger partial charge in [-0.25, -0.2) is 18.2 Å². The fourth-order valence-corrected chi connectivity index (χ4v) is 5.72. The van der Waals surface area contributed by atoms with E-state index in [4.69, 9.17) is 4.74 Å². The van der Waals surface area contributed by atoms with E-state index in [0.717, 1.165) is 11.3 Å². The molecule has 9 nitrogen and oxygen atoms in total. The molecule has 2 aromatic rings. The second-order valence-electron chi connectivity index (χ2n) is 7.22. The number of hydrogen-bond acceptors (Lipinski definition) is 7. The van der Waals surface area contributed by atoms with Crippen LogP contribution in [0.4, 0.5) is 10.8 Å². The van der Waals surface area contributed by atoms with Gasteiger partial charge < -0.3 is 15.2 Å². The molecule has 3 fully saturated rings. The average molecular weight is 423 g/mol. The van der Waals surface area contributed by atoms with Crippen molar-refractivity contribution in [3.05, 3.63) is 35.8 Å². The number of aromatic nitrogens is 1. The molecule has 2 saturated heterocycles. The number of aliphatic carboxylic acids is 1. The van der Waals surface area contributed by atoms with Gasteiger partial charge in [0, 0.05) is 17.3 Å². The van der Waals surface area contributed by atoms with Crippen molar-refractivity contribution in [2.75, 3.05) is 10.0 Å². The molecule has 2 bridgehead atoms. The minimum Gasteiger partial charge on any atom is -0.479 e. The van der Waals surface area contributed by atoms with Crippen LogP contribution in [-0.4, -0.2) is 42.1 Å². The van der Waals surface area contributed by atoms with Crippen LogP contribution in [-0.2, 0) is 24.3 Å². The summed E-state index contributed by atoms with van der Waals surface area (Å²) >= 11 is 1.16. The zero-order valence-corrected chi connectivity index (χ0v) is 16.3. The first-order chi connectivity index (χ1) is 13.1. The second-order valence-corrected chi connectivity index (χ2v) is 9.79. The molecule has 1 aromatic heterocycles. The second kappa shape index (κ2) is 6.26. The predicted octanol–water partition coefficient (Wildman–Crippen LogP) is 1.90. The number of nitrogens with one attached hydrogen (secondary N) is 2. The maximum absolute atomic E-state index is 12.7. The van der Waals surface area contributed by atoms with Crippen molar-refractivity contribution in [1.29, 1.82) is 0 Å². The fourth-order valence-electron chi connectivity index (χ4n) is 3.94. The third-order valence-corrected chi connectivity index (χ3v) is 7.21. The number of carbonyl (C=O) groups is 2. The summed E-state index contributed by atoms with van der Waals surface area (Å²) in [6.07, 6.45) is 0.989. The van der Waals surface area contributed by atoms with Gasteiger partial charge in [0.2, 0.25) is 5.91 Å². The molecule has 0 radical (unpaired) electrons. The van der Waals surface area contributed by atoms with Crippen LogP contribution >= 0.6 is 11.3 Å². The summed E-state index contributed by atoms with van der Waals surface area (Å²) in [5.41, 5.74) is -1.31. The third kappa shape index (κ3) is 3.05. The minimum absolute atomic E-state index is 0.0164. The average Bonchev–Trinajstić information content (AvgIpc) is 3.27. The van der Waals surface area contributed by atoms with Crippen LogP contribution in [0.1, 0.15) is 19.8 Å². The third-order valence-electron chi connectivity index (χ3n) is 5.04. The lowest BCUT2D eigenvalue weighted by Crippen LogP contribution is -2.52. The highest BCUT2D eigenvalue weighted by Crippen LogP contribution is 2.61. The first-order valence-corrected chi connectivity index (χ1v) is 10.7. The number of carboxylic acid groups (broad SMARTS) is 1. The molecule has 2 aliphatic heterocycles. The molecule has 1 saturated carbocycles. The Morgan fingerprint density at radius 1 is 1.29 bits per heavy atom. The largest absolute Gasteiger partial charge is 0.479 e. The normalized spacial score (nSPS) is 28.4. The Hall–Kier alpha value is -2.50. The van der Waals surface area contributed by atoms with Crippen LogP contribution < -0.4 is 10.0 Å². The van der Waals surface area contributed by atoms with E-state index >= 15 is 0 Å². The van der Waals surface area contributed by atoms with Crippen molar-refractivity contribution in [1.82, 2.24) is 4.98 Å². The van der Waals surface area contributed by atoms with E-state index in [1.807, 2.05) is 0 Å². The maximum atomic E-state index is 12.7. The van der Waals surface area contributed by atoms with E-state index < -0.39 is 39.0 Å². The Labute approximate surface area is 164 Å². The van der Waals surface area contributed by atoms with Gasteiger partial charge >= 0.3 is 5.97 Å². The number of ether oxygens (including phenoxy) is 1. The van der Waals surface area contributed by atoms with Gasteiger partial charge in [-0.15, -0.1) is 11.3 Å². The summed E-state index contributed by atoms with van der Waals surface area (Å²) in [4.78, 5) is 28.1. The molecule has 11 heteroatoms. The lowest BCUT2D eigenvalue weighted by Gasteiger charge is -2.41. The summed E-state index contributed by atoms with van der Waals surface area (Å²) in [7, 11) is -3.79. The van der Waals surface area contributed by atoms with Gasteiger partial charge in [-0.2, -0.15) is 0 Å². The molecule has 1 aliphatic carbocycles. The first-order valence-electron chi connectivity index (χ1n) is 8.38. The zero-order valence-electron chi connectivity index (χ0n) is 14.7. The number of sulfonamides is 1. The smallest absolute Gasteiger partial charge is 0.333 e. The Morgan fingerprint density at radius 2 is 1.96 bits per heavy atom. The molecular weight excluding hydrogens is 406 g/mol. The van der Waals surface area contributed by atoms with E-state index in [-0.39, 0.29) is 10.0 Å². The summed E-state index contributed by atoms with van der Waals surface area (Å²) in [5, 5.41) is 13.9. The summed E-state index contributed by atoms with van der Waals surface area (Å²) in [6, 6.07) is 5.62. The number of thiazole rings is 1. The first kappa shape index (κ1) is 18.8. The monoisotopic (exact) mass is 423 g/mol. The zero-order chi connectivity index (χ0) is 20.2. The van der Waals surface area contributed by atoms with Gasteiger partial charge in [-0.05, 0) is 44.0 Å². The summed E-state index contributed by atoms with van der Waals surface area (Å²) in [6.45, 7) is 1.79. The lowest BCUT2D eigenvalue weighted by molar-refractivity contribution is -0.153. The van der Waals surface area contributed by atoms with E-state index in [2.05, 4.69) is 15.0 Å². The van der Waals surface area contributed by atoms with Gasteiger partial charge in [0.05, 0.1) is 15.9 Å². The lowest BCUT2D eigenvalue weighted by atomic mass is 9.60. The van der Waals surface area contributed by atoms with Crippen LogP contribution in [0, 0.1) is 5.41 Å². The molecule has 1 atom stereocenters. The molecule has 3 aliphatic rings. The Kier molecular flexibility index (Phi) is 4.21. The highest BCUT2D eigenvalue weighted by Gasteiger charge is 2.71. The van der Waals surface area contributed by atoms with Crippen molar-refractivity contribution in [2.45, 2.75) is 36.4 Å². The minimum atomic E-state index is -3.79. The summed E-state index contributed by atoms with van der Waals surface area (Å²) < 4.78 is 32.6. The number of hydrogen-bond donors (Lipinski definition) is 3. The maximum Gasteiger partial charge on any atom is 0.333 e. The number of fused-ring (bicyclic) bond motifs is 1. The van der Waals surface area contributed by atoms with Crippen LogP contribution in [0.25, 0.3) is 0 Å². The molecule has 3 N–H and O–H groups in total. The van der Waals surface area contributed by atoms with E-state index in [0.29, 0.717) is 18.5 Å². The highest BCUT2D eigenvalue weighted by atomic mass is 32.2. The number of amides is 1. The van der Waals surface area contributed by atoms with Crippen LogP contribution in [0.5, 0.6) is 0 Å². The molecule has 1 amide bonds. The van der Waals surface area contributed by atoms with Crippen molar-refractivity contribution < 1.29 is 27.9 Å². The number of nitrogens with zero attached hydrogens (tertiary/aromatic N) is 1. The highest BCUT2D eigenvalue weighted by molar-refractivity contribution is 7.93. The summed E-state index contributed by atoms with van der Waals surface area (Å²) in [5.74, 6) is -1.60. The van der Waals surface area contributed by atoms with Crippen molar-refractivity contribution >= 4 is 44.1 Å². The molecular formula is C17H17N3O6S2. The topological polar surface area (TPSA) is 135 Å². The van der Waals surface area contributed by atoms with Crippen LogP contribution in [0.15, 0.2) is 40.7 Å². The van der Waals surface area contributed by atoms with Crippen molar-refractivity contribution in [3.8, 4) is 0 Å². The number of carboxylic acids is 1. The van der Waals surface area contributed by atoms with Crippen molar-refractivity contribution in [2.24, 2.45) is 5.41 Å². The van der Waals surface area contributed by atoms with Crippen LogP contribution in [0.2, 0.25) is 0 Å². The van der Waals surface area contributed by atoms with Crippen LogP contribution in [0.3, 0.4) is 0 Å². The quantitative estimate of drug-likeness (QED) is 0.646. The number of benzene rings is 1. The van der Waals surface area contributed by atoms with E-state index in [1.165, 1.54) is 30.5 Å². The molecule has 28 heavy (non-hydrogen) atoms. The molecule has 0 spiro atoms. The van der Waals surface area contributed by atoms with Gasteiger partial charge in [0.1, 0.15) is 0 Å². The molecule has 1 aromatic carbocycles. The number of anilines is 2. The number of carbonyl (C=O) groups excluding carboxylic acids is 1. The Bertz CT molecular complexity index is 1030. The van der Waals surface area contributed by atoms with Gasteiger partial charge in [-0.3, -0.25) is 9.52 Å². The standard InChI is InChI=1S/C17H17N3O6S2/c1-16-8-17(9-16,12(26-16)13(21)22)14(23)19-10-2-4-11(5-3-10)28(24,25)20-15-18-6-7-27-15/h2-7,12H,8-9H2,1H3,(H,18,20)(H,19,23)(H,21,22). The fraction of sp³-hybridized carbons (Fsp3) is 0.353. The molecule has 148 valence electrons. The van der Waals surface area contributed by atoms with Gasteiger partial charge in [0.25, 0.3) is 10.0 Å².